The molecule has 0 aromatic carbocycles. The van der Waals surface area contributed by atoms with Gasteiger partial charge in [0.1, 0.15) is 5.65 Å². The van der Waals surface area contributed by atoms with Crippen LogP contribution in [0.3, 0.4) is 0 Å². The summed E-state index contributed by atoms with van der Waals surface area (Å²) in [6, 6.07) is 8.16. The average molecular weight is 348 g/mol. The molecule has 1 unspecified atom stereocenters. The van der Waals surface area contributed by atoms with Gasteiger partial charge in [-0.15, -0.1) is 0 Å². The van der Waals surface area contributed by atoms with E-state index in [1.165, 1.54) is 16.8 Å². The van der Waals surface area contributed by atoms with Gasteiger partial charge in [0.05, 0.1) is 5.69 Å². The van der Waals surface area contributed by atoms with Gasteiger partial charge in [-0.2, -0.15) is 0 Å². The number of pyridine rings is 2. The molecule has 3 aromatic rings. The van der Waals surface area contributed by atoms with E-state index in [2.05, 4.69) is 34.6 Å². The highest BCUT2D eigenvalue weighted by atomic mass is 16.2. The van der Waals surface area contributed by atoms with Crippen LogP contribution in [0, 0.1) is 12.8 Å². The molecule has 26 heavy (non-hydrogen) atoms. The number of fused-ring (bicyclic) bond motifs is 3. The third kappa shape index (κ3) is 3.21. The zero-order chi connectivity index (χ0) is 18.1. The monoisotopic (exact) mass is 348 g/mol. The number of likely N-dealkylation sites (N-methyl/N-ethyl adjacent to an activating group) is 1. The fourth-order valence-electron chi connectivity index (χ4n) is 3.79. The standard InChI is InChI=1S/C21H24N4O/c1-15-3-6-20-23-18-5-4-17(13-19(18)25(20)14-15)21(26)24(2)12-9-16-7-10-22-11-8-16/h3,6-8,10-11,14,17H,4-5,9,12-13H2,1-2H3. The molecule has 1 atom stereocenters. The highest BCUT2D eigenvalue weighted by Crippen LogP contribution is 2.27. The largest absolute Gasteiger partial charge is 0.345 e. The Balaban J connectivity index is 1.46. The Morgan fingerprint density at radius 3 is 2.88 bits per heavy atom. The summed E-state index contributed by atoms with van der Waals surface area (Å²) in [5.41, 5.74) is 5.76. The van der Waals surface area contributed by atoms with Crippen molar-refractivity contribution >= 4 is 11.6 Å². The van der Waals surface area contributed by atoms with Crippen LogP contribution in [0.5, 0.6) is 0 Å². The number of nitrogens with zero attached hydrogens (tertiary/aromatic N) is 4. The molecule has 0 saturated carbocycles. The Hall–Kier alpha value is -2.69. The lowest BCUT2D eigenvalue weighted by atomic mass is 9.88. The lowest BCUT2D eigenvalue weighted by Gasteiger charge is -2.26. The van der Waals surface area contributed by atoms with Gasteiger partial charge in [0, 0.05) is 50.2 Å². The number of hydrogen-bond donors (Lipinski definition) is 0. The molecule has 134 valence electrons. The summed E-state index contributed by atoms with van der Waals surface area (Å²) in [7, 11) is 1.91. The highest BCUT2D eigenvalue weighted by Gasteiger charge is 2.29. The van der Waals surface area contributed by atoms with E-state index in [0.717, 1.165) is 43.6 Å². The van der Waals surface area contributed by atoms with Gasteiger partial charge >= 0.3 is 0 Å². The van der Waals surface area contributed by atoms with Gasteiger partial charge in [0.15, 0.2) is 0 Å². The molecule has 0 radical (unpaired) electrons. The van der Waals surface area contributed by atoms with Gasteiger partial charge in [-0.05, 0) is 55.5 Å². The number of amides is 1. The average Bonchev–Trinajstić information content (AvgIpc) is 3.03. The number of aryl methyl sites for hydroxylation is 2. The molecule has 0 aliphatic heterocycles. The predicted octanol–water partition coefficient (Wildman–Crippen LogP) is 2.84. The number of carbonyl (C=O) groups is 1. The van der Waals surface area contributed by atoms with Crippen molar-refractivity contribution in [2.75, 3.05) is 13.6 Å². The fourth-order valence-corrected chi connectivity index (χ4v) is 3.79. The van der Waals surface area contributed by atoms with Gasteiger partial charge in [-0.1, -0.05) is 6.07 Å². The van der Waals surface area contributed by atoms with Crippen LogP contribution in [0.15, 0.2) is 42.9 Å². The summed E-state index contributed by atoms with van der Waals surface area (Å²) < 4.78 is 2.17. The Kier molecular flexibility index (Phi) is 4.45. The maximum atomic E-state index is 12.9. The second-order valence-corrected chi connectivity index (χ2v) is 7.24. The number of carbonyl (C=O) groups excluding carboxylic acids is 1. The predicted molar refractivity (Wildman–Crippen MR) is 101 cm³/mol. The van der Waals surface area contributed by atoms with Crippen molar-refractivity contribution in [2.24, 2.45) is 5.92 Å². The summed E-state index contributed by atoms with van der Waals surface area (Å²) in [6.07, 6.45) is 9.12. The van der Waals surface area contributed by atoms with Crippen LogP contribution >= 0.6 is 0 Å². The number of aromatic nitrogens is 3. The smallest absolute Gasteiger partial charge is 0.225 e. The van der Waals surface area contributed by atoms with Crippen molar-refractivity contribution in [1.82, 2.24) is 19.3 Å². The molecule has 0 spiro atoms. The van der Waals surface area contributed by atoms with E-state index in [1.54, 1.807) is 12.4 Å². The van der Waals surface area contributed by atoms with E-state index in [1.807, 2.05) is 24.1 Å². The molecule has 1 amide bonds. The van der Waals surface area contributed by atoms with Crippen LogP contribution in [0.4, 0.5) is 0 Å². The Morgan fingerprint density at radius 1 is 1.27 bits per heavy atom. The van der Waals surface area contributed by atoms with Crippen LogP contribution < -0.4 is 0 Å². The van der Waals surface area contributed by atoms with Crippen LogP contribution in [-0.4, -0.2) is 38.8 Å². The maximum Gasteiger partial charge on any atom is 0.225 e. The summed E-state index contributed by atoms with van der Waals surface area (Å²) >= 11 is 0. The lowest BCUT2D eigenvalue weighted by Crippen LogP contribution is -2.37. The van der Waals surface area contributed by atoms with Crippen molar-refractivity contribution in [3.05, 3.63) is 65.4 Å². The van der Waals surface area contributed by atoms with Gasteiger partial charge in [0.25, 0.3) is 0 Å². The first-order valence-electron chi connectivity index (χ1n) is 9.22. The SMILES string of the molecule is Cc1ccc2nc3c(n2c1)CC(C(=O)N(C)CCc1ccncc1)CC3. The second-order valence-electron chi connectivity index (χ2n) is 7.24. The van der Waals surface area contributed by atoms with Crippen molar-refractivity contribution in [2.45, 2.75) is 32.6 Å². The quantitative estimate of drug-likeness (QED) is 0.728. The summed E-state index contributed by atoms with van der Waals surface area (Å²) in [6.45, 7) is 2.82. The van der Waals surface area contributed by atoms with Gasteiger partial charge in [-0.3, -0.25) is 9.78 Å². The molecule has 0 fully saturated rings. The number of imidazole rings is 1. The minimum atomic E-state index is 0.0466. The minimum Gasteiger partial charge on any atom is -0.345 e. The molecule has 0 saturated heterocycles. The maximum absolute atomic E-state index is 12.9. The zero-order valence-corrected chi connectivity index (χ0v) is 15.4. The Morgan fingerprint density at radius 2 is 2.08 bits per heavy atom. The first-order chi connectivity index (χ1) is 12.6. The van der Waals surface area contributed by atoms with E-state index in [9.17, 15) is 4.79 Å². The van der Waals surface area contributed by atoms with E-state index >= 15 is 0 Å². The molecule has 0 N–H and O–H groups in total. The van der Waals surface area contributed by atoms with E-state index < -0.39 is 0 Å². The summed E-state index contributed by atoms with van der Waals surface area (Å²) in [5.74, 6) is 0.290. The highest BCUT2D eigenvalue weighted by molar-refractivity contribution is 5.79. The third-order valence-corrected chi connectivity index (χ3v) is 5.33. The molecule has 3 aromatic heterocycles. The summed E-state index contributed by atoms with van der Waals surface area (Å²) in [4.78, 5) is 23.6. The zero-order valence-electron chi connectivity index (χ0n) is 15.4. The molecule has 3 heterocycles. The fraction of sp³-hybridized carbons (Fsp3) is 0.381. The third-order valence-electron chi connectivity index (χ3n) is 5.33. The second kappa shape index (κ2) is 6.90. The van der Waals surface area contributed by atoms with Crippen molar-refractivity contribution in [1.29, 1.82) is 0 Å². The van der Waals surface area contributed by atoms with E-state index in [0.29, 0.717) is 0 Å². The van der Waals surface area contributed by atoms with Crippen molar-refractivity contribution < 1.29 is 4.79 Å². The minimum absolute atomic E-state index is 0.0466. The van der Waals surface area contributed by atoms with Crippen LogP contribution in [0.2, 0.25) is 0 Å². The van der Waals surface area contributed by atoms with Crippen LogP contribution in [-0.2, 0) is 24.1 Å². The Bertz CT molecular complexity index is 932. The topological polar surface area (TPSA) is 50.5 Å². The molecule has 4 rings (SSSR count). The molecule has 1 aliphatic carbocycles. The molecular weight excluding hydrogens is 324 g/mol. The molecular formula is C21H24N4O. The van der Waals surface area contributed by atoms with Crippen LogP contribution in [0.25, 0.3) is 5.65 Å². The molecule has 5 nitrogen and oxygen atoms in total. The summed E-state index contributed by atoms with van der Waals surface area (Å²) in [5, 5.41) is 0. The molecule has 1 aliphatic rings. The van der Waals surface area contributed by atoms with E-state index in [-0.39, 0.29) is 11.8 Å². The van der Waals surface area contributed by atoms with Gasteiger partial charge in [0.2, 0.25) is 5.91 Å². The van der Waals surface area contributed by atoms with E-state index in [4.69, 9.17) is 4.98 Å². The van der Waals surface area contributed by atoms with Crippen LogP contribution in [0.1, 0.15) is 28.9 Å². The number of rotatable bonds is 4. The molecule has 5 heteroatoms. The van der Waals surface area contributed by atoms with Gasteiger partial charge in [-0.25, -0.2) is 4.98 Å². The van der Waals surface area contributed by atoms with Crippen molar-refractivity contribution in [3.8, 4) is 0 Å². The molecule has 0 bridgehead atoms. The van der Waals surface area contributed by atoms with Gasteiger partial charge < -0.3 is 9.30 Å². The lowest BCUT2D eigenvalue weighted by molar-refractivity contribution is -0.134. The normalized spacial score (nSPS) is 16.5. The first-order valence-corrected chi connectivity index (χ1v) is 9.22. The first kappa shape index (κ1) is 16.8. The van der Waals surface area contributed by atoms with Crippen molar-refractivity contribution in [3.63, 3.8) is 0 Å². The number of hydrogen-bond acceptors (Lipinski definition) is 3. The Labute approximate surface area is 153 Å².